The average Bonchev–Trinajstić information content (AvgIpc) is 2.79. The number of aliphatic carboxylic acids is 1. The zero-order valence-corrected chi connectivity index (χ0v) is 19.8. The van der Waals surface area contributed by atoms with Crippen molar-refractivity contribution in [3.05, 3.63) is 71.8 Å². The van der Waals surface area contributed by atoms with Crippen LogP contribution in [0.4, 0.5) is 0 Å². The molecule has 0 aromatic heterocycles. The summed E-state index contributed by atoms with van der Waals surface area (Å²) in [7, 11) is 0. The van der Waals surface area contributed by atoms with Crippen molar-refractivity contribution in [2.45, 2.75) is 40.5 Å². The van der Waals surface area contributed by atoms with E-state index in [1.54, 1.807) is 48.5 Å². The van der Waals surface area contributed by atoms with E-state index in [9.17, 15) is 24.6 Å². The van der Waals surface area contributed by atoms with E-state index in [0.29, 0.717) is 17.4 Å². The van der Waals surface area contributed by atoms with Crippen molar-refractivity contribution in [3.8, 4) is 0 Å². The summed E-state index contributed by atoms with van der Waals surface area (Å²) in [6, 6.07) is 16.2. The molecule has 0 amide bonds. The molecule has 0 bridgehead atoms. The van der Waals surface area contributed by atoms with Crippen molar-refractivity contribution in [1.82, 2.24) is 0 Å². The Morgan fingerprint density at radius 3 is 1.30 bits per heavy atom. The van der Waals surface area contributed by atoms with Crippen LogP contribution >= 0.6 is 0 Å². The molecule has 4 N–H and O–H groups in total. The molecule has 7 nitrogen and oxygen atoms in total. The Bertz CT molecular complexity index is 814. The van der Waals surface area contributed by atoms with E-state index in [4.69, 9.17) is 10.2 Å². The van der Waals surface area contributed by atoms with Crippen LogP contribution in [-0.2, 0) is 4.79 Å². The molecule has 7 heteroatoms. The summed E-state index contributed by atoms with van der Waals surface area (Å²) in [6.07, 6.45) is 1.80. The number of ketones is 1. The number of rotatable bonds is 9. The first-order valence-electron chi connectivity index (χ1n) is 10.8. The third-order valence-corrected chi connectivity index (χ3v) is 4.60. The van der Waals surface area contributed by atoms with E-state index >= 15 is 0 Å². The molecule has 0 spiro atoms. The first-order valence-corrected chi connectivity index (χ1v) is 10.8. The van der Waals surface area contributed by atoms with Crippen molar-refractivity contribution < 1.29 is 34.8 Å². The summed E-state index contributed by atoms with van der Waals surface area (Å²) in [5.74, 6) is -2.12. The van der Waals surface area contributed by atoms with E-state index in [-0.39, 0.29) is 24.2 Å². The predicted molar refractivity (Wildman–Crippen MR) is 127 cm³/mol. The second-order valence-corrected chi connectivity index (χ2v) is 8.68. The van der Waals surface area contributed by atoms with Gasteiger partial charge in [0.15, 0.2) is 0 Å². The molecule has 0 aliphatic carbocycles. The van der Waals surface area contributed by atoms with Gasteiger partial charge in [-0.3, -0.25) is 4.79 Å². The van der Waals surface area contributed by atoms with Gasteiger partial charge in [-0.2, -0.15) is 0 Å². The van der Waals surface area contributed by atoms with Gasteiger partial charge in [0.05, 0.1) is 18.8 Å². The van der Waals surface area contributed by atoms with Gasteiger partial charge in [0.1, 0.15) is 0 Å². The number of carboxylic acid groups (broad SMARTS) is 2. The minimum Gasteiger partial charge on any atom is -0.478 e. The number of carboxylic acids is 2. The lowest BCUT2D eigenvalue weighted by molar-refractivity contribution is -0.131. The first-order chi connectivity index (χ1) is 15.5. The lowest BCUT2D eigenvalue weighted by Crippen LogP contribution is -2.33. The molecule has 0 unspecified atom stereocenters. The number of carbonyl (C=O) groups excluding carboxylic acids is 1. The van der Waals surface area contributed by atoms with Gasteiger partial charge in [-0.25, -0.2) is 9.59 Å². The lowest BCUT2D eigenvalue weighted by Gasteiger charge is -2.33. The van der Waals surface area contributed by atoms with Crippen LogP contribution in [0.25, 0.3) is 0 Å². The van der Waals surface area contributed by atoms with Crippen LogP contribution in [-0.4, -0.2) is 51.4 Å². The van der Waals surface area contributed by atoms with Gasteiger partial charge in [0, 0.05) is 11.0 Å². The van der Waals surface area contributed by atoms with Crippen LogP contribution in [0.15, 0.2) is 60.7 Å². The second-order valence-electron chi connectivity index (χ2n) is 8.68. The van der Waals surface area contributed by atoms with Crippen molar-refractivity contribution in [2.24, 2.45) is 17.3 Å². The van der Waals surface area contributed by atoms with Crippen LogP contribution in [0.1, 0.15) is 61.3 Å². The number of hydrogen-bond donors (Lipinski definition) is 4. The molecule has 2 aromatic rings. The molecule has 0 heterocycles. The van der Waals surface area contributed by atoms with E-state index < -0.39 is 17.7 Å². The van der Waals surface area contributed by atoms with Crippen LogP contribution in [0.3, 0.4) is 0 Å². The maximum Gasteiger partial charge on any atom is 0.377 e. The van der Waals surface area contributed by atoms with Gasteiger partial charge in [-0.1, -0.05) is 76.2 Å². The van der Waals surface area contributed by atoms with E-state index in [2.05, 4.69) is 27.7 Å². The van der Waals surface area contributed by atoms with Crippen molar-refractivity contribution >= 4 is 17.7 Å². The highest BCUT2D eigenvalue weighted by molar-refractivity contribution is 6.39. The van der Waals surface area contributed by atoms with Crippen molar-refractivity contribution in [1.29, 1.82) is 0 Å². The smallest absolute Gasteiger partial charge is 0.377 e. The molecule has 0 aliphatic heterocycles. The number of Topliss-reactive ketones (excluding diaryl/α,β-unsaturated/α-hetero) is 1. The highest BCUT2D eigenvalue weighted by Gasteiger charge is 2.30. The largest absolute Gasteiger partial charge is 0.478 e. The van der Waals surface area contributed by atoms with Gasteiger partial charge < -0.3 is 20.4 Å². The Morgan fingerprint density at radius 1 is 0.697 bits per heavy atom. The SMILES string of the molecule is CC(C)CC(CO)(CO)CC(C)C.O=C(O)C(=O)c1ccccc1.O=C(O)c1ccccc1. The van der Waals surface area contributed by atoms with E-state index in [1.165, 1.54) is 12.1 Å². The molecule has 182 valence electrons. The minimum atomic E-state index is -1.42. The fraction of sp³-hybridized carbons (Fsp3) is 0.423. The fourth-order valence-corrected chi connectivity index (χ4v) is 3.42. The van der Waals surface area contributed by atoms with Crippen LogP contribution in [0, 0.1) is 17.3 Å². The van der Waals surface area contributed by atoms with Gasteiger partial charge in [0.2, 0.25) is 0 Å². The molecule has 0 aliphatic rings. The van der Waals surface area contributed by atoms with Gasteiger partial charge in [0.25, 0.3) is 5.78 Å². The topological polar surface area (TPSA) is 132 Å². The number of aliphatic hydroxyl groups is 2. The zero-order chi connectivity index (χ0) is 25.4. The lowest BCUT2D eigenvalue weighted by atomic mass is 9.75. The quantitative estimate of drug-likeness (QED) is 0.322. The number of carbonyl (C=O) groups is 3. The van der Waals surface area contributed by atoms with Crippen molar-refractivity contribution in [2.75, 3.05) is 13.2 Å². The van der Waals surface area contributed by atoms with Crippen LogP contribution in [0.5, 0.6) is 0 Å². The standard InChI is InChI=1S/C11H24O2.C8H6O3.C7H6O2/c1-9(2)5-11(7-12,8-13)6-10(3)4;9-7(8(10)11)6-4-2-1-3-5-6;8-7(9)6-4-2-1-3-5-6/h9-10,12-13H,5-8H2,1-4H3;1-5H,(H,10,11);1-5H,(H,8,9). The van der Waals surface area contributed by atoms with Crippen molar-refractivity contribution in [3.63, 3.8) is 0 Å². The number of hydrogen-bond acceptors (Lipinski definition) is 5. The molecule has 2 rings (SSSR count). The molecule has 0 saturated heterocycles. The summed E-state index contributed by atoms with van der Waals surface area (Å²) in [5, 5.41) is 35.3. The van der Waals surface area contributed by atoms with Gasteiger partial charge in [-0.05, 0) is 36.8 Å². The van der Waals surface area contributed by atoms with Gasteiger partial charge in [-0.15, -0.1) is 0 Å². The van der Waals surface area contributed by atoms with Gasteiger partial charge >= 0.3 is 11.9 Å². The normalized spacial score (nSPS) is 10.5. The Labute approximate surface area is 195 Å². The number of aliphatic hydroxyl groups excluding tert-OH is 2. The predicted octanol–water partition coefficient (Wildman–Crippen LogP) is 4.39. The van der Waals surface area contributed by atoms with E-state index in [0.717, 1.165) is 12.8 Å². The Balaban J connectivity index is 0.000000472. The zero-order valence-electron chi connectivity index (χ0n) is 19.8. The molecule has 2 aromatic carbocycles. The number of benzene rings is 2. The molecule has 0 atom stereocenters. The molecular weight excluding hydrogens is 424 g/mol. The summed E-state index contributed by atoms with van der Waals surface area (Å²) < 4.78 is 0. The second kappa shape index (κ2) is 15.7. The maximum absolute atomic E-state index is 10.7. The fourth-order valence-electron chi connectivity index (χ4n) is 3.42. The Hall–Kier alpha value is -3.03. The van der Waals surface area contributed by atoms with Crippen LogP contribution in [0.2, 0.25) is 0 Å². The first kappa shape index (κ1) is 30.0. The summed E-state index contributed by atoms with van der Waals surface area (Å²) >= 11 is 0. The molecule has 0 fully saturated rings. The molecule has 0 radical (unpaired) electrons. The maximum atomic E-state index is 10.7. The summed E-state index contributed by atoms with van der Waals surface area (Å²) in [5.41, 5.74) is 0.278. The summed E-state index contributed by atoms with van der Waals surface area (Å²) in [6.45, 7) is 8.70. The summed E-state index contributed by atoms with van der Waals surface area (Å²) in [4.78, 5) is 31.1. The number of aromatic carboxylic acids is 1. The van der Waals surface area contributed by atoms with Crippen LogP contribution < -0.4 is 0 Å². The third kappa shape index (κ3) is 12.6. The molecule has 0 saturated carbocycles. The Morgan fingerprint density at radius 2 is 1.06 bits per heavy atom. The van der Waals surface area contributed by atoms with E-state index in [1.807, 2.05) is 0 Å². The minimum absolute atomic E-state index is 0.0971. The molecule has 33 heavy (non-hydrogen) atoms. The highest BCUT2D eigenvalue weighted by Crippen LogP contribution is 2.32. The molecular formula is C26H36O7. The monoisotopic (exact) mass is 460 g/mol. The Kier molecular flexibility index (Phi) is 14.3. The highest BCUT2D eigenvalue weighted by atomic mass is 16.4. The average molecular weight is 461 g/mol. The third-order valence-electron chi connectivity index (χ3n) is 4.60.